The van der Waals surface area contributed by atoms with E-state index < -0.39 is 0 Å². The fourth-order valence-corrected chi connectivity index (χ4v) is 15.4. The molecule has 14 aromatic carbocycles. The van der Waals surface area contributed by atoms with Gasteiger partial charge in [-0.1, -0.05) is 186 Å². The Morgan fingerprint density at radius 1 is 0.240 bits per heavy atom. The number of fused-ring (bicyclic) bond motifs is 12. The lowest BCUT2D eigenvalue weighted by Crippen LogP contribution is -2.16. The van der Waals surface area contributed by atoms with Crippen molar-refractivity contribution in [1.82, 2.24) is 18.3 Å². The van der Waals surface area contributed by atoms with Gasteiger partial charge < -0.3 is 28.1 Å². The highest BCUT2D eigenvalue weighted by Crippen LogP contribution is 2.53. The summed E-state index contributed by atoms with van der Waals surface area (Å²) in [5, 5.41) is 22.1. The number of para-hydroxylation sites is 6. The molecular formula is C89H63N7. The summed E-state index contributed by atoms with van der Waals surface area (Å²) in [6.45, 7) is 8.70. The first-order chi connectivity index (χ1) is 47.3. The van der Waals surface area contributed by atoms with E-state index >= 15 is 0 Å². The van der Waals surface area contributed by atoms with Gasteiger partial charge in [-0.05, 0) is 179 Å². The Balaban J connectivity index is 1.09. The zero-order valence-corrected chi connectivity index (χ0v) is 53.6. The first-order valence-corrected chi connectivity index (χ1v) is 32.9. The lowest BCUT2D eigenvalue weighted by molar-refractivity contribution is 1.04. The van der Waals surface area contributed by atoms with Gasteiger partial charge in [0.05, 0.1) is 66.9 Å². The number of aromatic nitrogens is 4. The molecule has 454 valence electrons. The number of aryl methyl sites for hydroxylation is 4. The van der Waals surface area contributed by atoms with E-state index in [2.05, 4.69) is 371 Å². The molecule has 0 aliphatic rings. The van der Waals surface area contributed by atoms with Gasteiger partial charge in [-0.25, -0.2) is 0 Å². The molecule has 0 atom stereocenters. The molecule has 0 spiro atoms. The SMILES string of the molecule is Cc1ccc2c(c1)c1cc(C)ccc1n2-c1c(C#N)c(-n2c3ccc(C)cc3c3cc(C)ccc32)c(-n2c3ccccc3c3cc(N(c4ccccc4)c4ccccc4)ccc32)c(-c2ccccc2)c1-n1c2ccccc2c2cc(N(c3ccccc3)c3ccccc3)ccc21. The highest BCUT2D eigenvalue weighted by atomic mass is 15.2. The van der Waals surface area contributed by atoms with Crippen LogP contribution in [0.1, 0.15) is 27.8 Å². The zero-order valence-electron chi connectivity index (χ0n) is 53.6. The normalized spacial score (nSPS) is 11.7. The molecule has 4 aromatic heterocycles. The molecule has 0 aliphatic carbocycles. The van der Waals surface area contributed by atoms with Crippen LogP contribution in [0.4, 0.5) is 34.1 Å². The van der Waals surface area contributed by atoms with Crippen LogP contribution in [-0.2, 0) is 0 Å². The summed E-state index contributed by atoms with van der Waals surface area (Å²) in [6.07, 6.45) is 0. The van der Waals surface area contributed by atoms with Crippen molar-refractivity contribution in [2.45, 2.75) is 27.7 Å². The Labute approximate surface area is 556 Å². The minimum atomic E-state index is 0.517. The molecule has 0 saturated heterocycles. The Bertz CT molecular complexity index is 5640. The molecule has 4 heterocycles. The number of hydrogen-bond acceptors (Lipinski definition) is 3. The smallest absolute Gasteiger partial charge is 0.104 e. The lowest BCUT2D eigenvalue weighted by Gasteiger charge is -2.29. The van der Waals surface area contributed by atoms with E-state index in [-0.39, 0.29) is 0 Å². The van der Waals surface area contributed by atoms with Crippen molar-refractivity contribution >= 4 is 121 Å². The van der Waals surface area contributed by atoms with Gasteiger partial charge in [0.25, 0.3) is 0 Å². The van der Waals surface area contributed by atoms with E-state index in [0.717, 1.165) is 177 Å². The van der Waals surface area contributed by atoms with Crippen molar-refractivity contribution < 1.29 is 0 Å². The third-order valence-electron chi connectivity index (χ3n) is 19.5. The molecule has 0 radical (unpaired) electrons. The van der Waals surface area contributed by atoms with Gasteiger partial charge in [0.1, 0.15) is 11.6 Å². The van der Waals surface area contributed by atoms with Gasteiger partial charge in [0.15, 0.2) is 0 Å². The number of nitriles is 1. The molecule has 18 rings (SSSR count). The van der Waals surface area contributed by atoms with Crippen LogP contribution in [0.15, 0.2) is 309 Å². The zero-order chi connectivity index (χ0) is 64.3. The van der Waals surface area contributed by atoms with Gasteiger partial charge in [0.2, 0.25) is 0 Å². The number of anilines is 6. The topological polar surface area (TPSA) is 50.0 Å². The Morgan fingerprint density at radius 3 is 0.823 bits per heavy atom. The molecule has 0 aliphatic heterocycles. The van der Waals surface area contributed by atoms with E-state index in [1.165, 1.54) is 0 Å². The molecule has 0 fully saturated rings. The summed E-state index contributed by atoms with van der Waals surface area (Å²) in [6, 6.07) is 116. The van der Waals surface area contributed by atoms with Gasteiger partial charge >= 0.3 is 0 Å². The van der Waals surface area contributed by atoms with Crippen LogP contribution < -0.4 is 9.80 Å². The van der Waals surface area contributed by atoms with E-state index in [1.54, 1.807) is 0 Å². The maximum atomic E-state index is 13.3. The van der Waals surface area contributed by atoms with Crippen molar-refractivity contribution in [3.8, 4) is 39.9 Å². The molecule has 18 aromatic rings. The predicted octanol–water partition coefficient (Wildman–Crippen LogP) is 23.8. The van der Waals surface area contributed by atoms with Crippen molar-refractivity contribution in [3.63, 3.8) is 0 Å². The van der Waals surface area contributed by atoms with Gasteiger partial charge in [-0.15, -0.1) is 0 Å². The molecule has 96 heavy (non-hydrogen) atoms. The molecule has 7 nitrogen and oxygen atoms in total. The Hall–Kier alpha value is -12.6. The molecule has 0 unspecified atom stereocenters. The number of hydrogen-bond donors (Lipinski definition) is 0. The fourth-order valence-electron chi connectivity index (χ4n) is 15.4. The van der Waals surface area contributed by atoms with Crippen LogP contribution >= 0.6 is 0 Å². The second kappa shape index (κ2) is 22.3. The molecular weight excluding hydrogens is 1170 g/mol. The van der Waals surface area contributed by atoms with E-state index in [1.807, 2.05) is 0 Å². The van der Waals surface area contributed by atoms with Gasteiger partial charge in [0, 0.05) is 82.8 Å². The summed E-state index contributed by atoms with van der Waals surface area (Å²) in [4.78, 5) is 4.69. The average molecular weight is 1230 g/mol. The summed E-state index contributed by atoms with van der Waals surface area (Å²) >= 11 is 0. The summed E-state index contributed by atoms with van der Waals surface area (Å²) in [7, 11) is 0. The second-order valence-corrected chi connectivity index (χ2v) is 25.5. The monoisotopic (exact) mass is 1230 g/mol. The molecule has 0 bridgehead atoms. The summed E-state index contributed by atoms with van der Waals surface area (Å²) in [5.74, 6) is 0. The average Bonchev–Trinajstić information content (AvgIpc) is 1.41. The molecule has 7 heteroatoms. The fraction of sp³-hybridized carbons (Fsp3) is 0.0449. The quantitative estimate of drug-likeness (QED) is 0.130. The molecule has 0 saturated carbocycles. The van der Waals surface area contributed by atoms with Gasteiger partial charge in [-0.2, -0.15) is 5.26 Å². The molecule has 0 amide bonds. The summed E-state index contributed by atoms with van der Waals surface area (Å²) in [5.41, 5.74) is 24.6. The third kappa shape index (κ3) is 8.73. The van der Waals surface area contributed by atoms with Crippen LogP contribution in [0.2, 0.25) is 0 Å². The van der Waals surface area contributed by atoms with Crippen molar-refractivity contribution in [1.29, 1.82) is 5.26 Å². The first-order valence-electron chi connectivity index (χ1n) is 32.9. The minimum Gasteiger partial charge on any atom is -0.310 e. The lowest BCUT2D eigenvalue weighted by atomic mass is 9.93. The van der Waals surface area contributed by atoms with E-state index in [4.69, 9.17) is 0 Å². The van der Waals surface area contributed by atoms with Crippen LogP contribution in [0.3, 0.4) is 0 Å². The highest BCUT2D eigenvalue weighted by Gasteiger charge is 2.36. The van der Waals surface area contributed by atoms with E-state index in [9.17, 15) is 5.26 Å². The Morgan fingerprint density at radius 2 is 0.500 bits per heavy atom. The van der Waals surface area contributed by atoms with Crippen molar-refractivity contribution in [3.05, 3.63) is 337 Å². The highest BCUT2D eigenvalue weighted by molar-refractivity contribution is 6.18. The Kier molecular flexibility index (Phi) is 13.0. The summed E-state index contributed by atoms with van der Waals surface area (Å²) < 4.78 is 9.86. The molecule has 0 N–H and O–H groups in total. The number of benzene rings is 14. The van der Waals surface area contributed by atoms with Crippen molar-refractivity contribution in [2.75, 3.05) is 9.80 Å². The van der Waals surface area contributed by atoms with Crippen LogP contribution in [-0.4, -0.2) is 18.3 Å². The maximum Gasteiger partial charge on any atom is 0.104 e. The third-order valence-corrected chi connectivity index (χ3v) is 19.5. The standard InChI is InChI=1S/C89H63N7/c1-57-38-44-79-70(50-57)71-51-58(2)39-45-80(71)93(79)86-76(56-90)87(94-81-46-40-59(3)52-72(81)73-53-60(4)41-47-82(73)94)89(96-78-37-23-21-35-69(78)75-55-67(43-49-84(75)96)92(64-30-16-8-17-31-64)65-32-18-9-19-33-65)85(61-24-10-5-11-25-61)88(86)95-77-36-22-20-34-68(77)74-54-66(42-48-83(74)95)91(62-26-12-6-13-27-62)63-28-14-7-15-29-63/h5-55H,1-4H3. The van der Waals surface area contributed by atoms with E-state index in [0.29, 0.717) is 5.56 Å². The number of rotatable bonds is 11. The van der Waals surface area contributed by atoms with Gasteiger partial charge in [-0.3, -0.25) is 0 Å². The second-order valence-electron chi connectivity index (χ2n) is 25.5. The largest absolute Gasteiger partial charge is 0.310 e. The first kappa shape index (κ1) is 56.1. The maximum absolute atomic E-state index is 13.3. The predicted molar refractivity (Wildman–Crippen MR) is 402 cm³/mol. The van der Waals surface area contributed by atoms with Crippen LogP contribution in [0.5, 0.6) is 0 Å². The van der Waals surface area contributed by atoms with Crippen LogP contribution in [0.25, 0.3) is 121 Å². The minimum absolute atomic E-state index is 0.517. The van der Waals surface area contributed by atoms with Crippen molar-refractivity contribution in [2.24, 2.45) is 0 Å². The van der Waals surface area contributed by atoms with Crippen LogP contribution in [0, 0.1) is 39.0 Å². The number of nitrogens with zero attached hydrogens (tertiary/aromatic N) is 7.